The fourth-order valence-electron chi connectivity index (χ4n) is 3.85. The van der Waals surface area contributed by atoms with Crippen molar-refractivity contribution in [2.45, 2.75) is 27.7 Å². The summed E-state index contributed by atoms with van der Waals surface area (Å²) in [6.07, 6.45) is 1.80. The van der Waals surface area contributed by atoms with Crippen LogP contribution < -0.4 is 0 Å². The molecule has 4 rings (SSSR count). The molecule has 0 unspecified atom stereocenters. The molecule has 0 aliphatic rings. The maximum absolute atomic E-state index is 11.5. The number of halogens is 1. The number of fused-ring (bicyclic) bond motifs is 1. The van der Waals surface area contributed by atoms with Crippen LogP contribution in [0, 0.1) is 39.0 Å². The largest absolute Gasteiger partial charge is 0.478 e. The van der Waals surface area contributed by atoms with Gasteiger partial charge >= 0.3 is 5.97 Å². The fraction of sp³-hybridized carbons (Fsp3) is 0.160. The topological polar surface area (TPSA) is 94.7 Å². The minimum atomic E-state index is -1.08. The van der Waals surface area contributed by atoms with Gasteiger partial charge in [-0.15, -0.1) is 0 Å². The lowest BCUT2D eigenvalue weighted by molar-refractivity contribution is 0.0697. The predicted molar refractivity (Wildman–Crippen MR) is 126 cm³/mol. The molecule has 0 saturated heterocycles. The molecule has 32 heavy (non-hydrogen) atoms. The van der Waals surface area contributed by atoms with Gasteiger partial charge in [-0.1, -0.05) is 11.6 Å². The molecule has 0 amide bonds. The van der Waals surface area contributed by atoms with Crippen LogP contribution in [0.15, 0.2) is 36.4 Å². The predicted octanol–water partition coefficient (Wildman–Crippen LogP) is 6.00. The van der Waals surface area contributed by atoms with Gasteiger partial charge in [0.2, 0.25) is 0 Å². The summed E-state index contributed by atoms with van der Waals surface area (Å²) in [6.45, 7) is 7.93. The third-order valence-electron chi connectivity index (χ3n) is 5.68. The average Bonchev–Trinajstić information content (AvgIpc) is 3.26. The lowest BCUT2D eigenvalue weighted by Crippen LogP contribution is -2.03. The van der Waals surface area contributed by atoms with Crippen molar-refractivity contribution in [3.05, 3.63) is 80.9 Å². The number of allylic oxidation sites excluding steroid dienone is 1. The van der Waals surface area contributed by atoms with Gasteiger partial charge in [-0.3, -0.25) is 0 Å². The Morgan fingerprint density at radius 3 is 2.56 bits per heavy atom. The third-order valence-corrected chi connectivity index (χ3v) is 6.01. The molecule has 0 spiro atoms. The van der Waals surface area contributed by atoms with Crippen molar-refractivity contribution in [2.75, 3.05) is 0 Å². The van der Waals surface area contributed by atoms with E-state index in [9.17, 15) is 15.2 Å². The van der Waals surface area contributed by atoms with Crippen LogP contribution in [-0.2, 0) is 0 Å². The second kappa shape index (κ2) is 8.03. The number of benzene rings is 2. The number of hydrogen-bond acceptors (Lipinski definition) is 3. The Morgan fingerprint density at radius 2 is 1.88 bits per heavy atom. The summed E-state index contributed by atoms with van der Waals surface area (Å²) < 4.78 is 1.94. The number of nitriles is 1. The van der Waals surface area contributed by atoms with Crippen LogP contribution in [0.25, 0.3) is 28.4 Å². The van der Waals surface area contributed by atoms with Gasteiger partial charge < -0.3 is 14.7 Å². The van der Waals surface area contributed by atoms with Gasteiger partial charge in [-0.05, 0) is 86.9 Å². The van der Waals surface area contributed by atoms with Crippen LogP contribution in [0.1, 0.15) is 44.3 Å². The van der Waals surface area contributed by atoms with E-state index in [2.05, 4.69) is 16.0 Å². The molecule has 0 atom stereocenters. The van der Waals surface area contributed by atoms with E-state index < -0.39 is 5.97 Å². The number of aromatic nitrogens is 3. The lowest BCUT2D eigenvalue weighted by Gasteiger charge is -2.11. The summed E-state index contributed by atoms with van der Waals surface area (Å²) in [5, 5.41) is 19.4. The van der Waals surface area contributed by atoms with Crippen LogP contribution in [-0.4, -0.2) is 25.6 Å². The van der Waals surface area contributed by atoms with Gasteiger partial charge in [-0.2, -0.15) is 5.26 Å². The Balaban J connectivity index is 1.80. The van der Waals surface area contributed by atoms with E-state index in [1.807, 2.05) is 50.5 Å². The summed E-state index contributed by atoms with van der Waals surface area (Å²) in [4.78, 5) is 19.3. The number of imidazole rings is 1. The molecule has 2 aromatic heterocycles. The summed E-state index contributed by atoms with van der Waals surface area (Å²) in [5.74, 6) is -0.571. The van der Waals surface area contributed by atoms with Crippen molar-refractivity contribution in [1.82, 2.24) is 14.5 Å². The molecule has 160 valence electrons. The average molecular weight is 445 g/mol. The molecule has 0 fully saturated rings. The van der Waals surface area contributed by atoms with E-state index in [0.29, 0.717) is 17.1 Å². The van der Waals surface area contributed by atoms with Crippen molar-refractivity contribution < 1.29 is 9.90 Å². The molecule has 0 bridgehead atoms. The summed E-state index contributed by atoms with van der Waals surface area (Å²) >= 11 is 6.03. The SMILES string of the molecule is Cc1cc2nc(/C(C#N)=C\c3cc(C)n(-c4ccc(Cl)c(C(=O)O)c4)c3C)[nH]c2cc1C. The van der Waals surface area contributed by atoms with E-state index >= 15 is 0 Å². The van der Waals surface area contributed by atoms with Crippen molar-refractivity contribution in [1.29, 1.82) is 5.26 Å². The zero-order valence-electron chi connectivity index (χ0n) is 18.1. The molecule has 6 nitrogen and oxygen atoms in total. The van der Waals surface area contributed by atoms with Gasteiger partial charge in [-0.25, -0.2) is 9.78 Å². The second-order valence-corrected chi connectivity index (χ2v) is 8.25. The fourth-order valence-corrected chi connectivity index (χ4v) is 4.05. The van der Waals surface area contributed by atoms with Crippen LogP contribution in [0.5, 0.6) is 0 Å². The maximum atomic E-state index is 11.5. The number of rotatable bonds is 4. The normalized spacial score (nSPS) is 11.7. The highest BCUT2D eigenvalue weighted by molar-refractivity contribution is 6.33. The minimum Gasteiger partial charge on any atom is -0.478 e. The quantitative estimate of drug-likeness (QED) is 0.377. The first-order valence-corrected chi connectivity index (χ1v) is 10.4. The third kappa shape index (κ3) is 3.68. The number of aromatic amines is 1. The van der Waals surface area contributed by atoms with Gasteiger partial charge in [0.05, 0.1) is 27.2 Å². The van der Waals surface area contributed by atoms with Crippen molar-refractivity contribution in [3.8, 4) is 11.8 Å². The van der Waals surface area contributed by atoms with Gasteiger partial charge in [0.15, 0.2) is 0 Å². The highest BCUT2D eigenvalue weighted by Crippen LogP contribution is 2.28. The highest BCUT2D eigenvalue weighted by atomic mass is 35.5. The highest BCUT2D eigenvalue weighted by Gasteiger charge is 2.16. The lowest BCUT2D eigenvalue weighted by atomic mass is 10.1. The minimum absolute atomic E-state index is 0.0411. The standard InChI is InChI=1S/C25H21ClN4O2/c1-13-7-22-23(8-14(13)2)29-24(28-22)18(12-27)10-17-9-15(3)30(16(17)4)19-5-6-21(26)20(11-19)25(31)32/h5-11H,1-4H3,(H,28,29)(H,31,32)/b18-10-. The number of carboxylic acid groups (broad SMARTS) is 1. The van der Waals surface area contributed by atoms with E-state index in [1.54, 1.807) is 24.3 Å². The molecule has 0 saturated carbocycles. The number of carboxylic acids is 1. The van der Waals surface area contributed by atoms with E-state index in [0.717, 1.165) is 39.1 Å². The second-order valence-electron chi connectivity index (χ2n) is 7.84. The van der Waals surface area contributed by atoms with Crippen molar-refractivity contribution in [3.63, 3.8) is 0 Å². The van der Waals surface area contributed by atoms with Crippen molar-refractivity contribution in [2.24, 2.45) is 0 Å². The van der Waals surface area contributed by atoms with E-state index in [1.165, 1.54) is 0 Å². The Kier molecular flexibility index (Phi) is 5.37. The molecule has 7 heteroatoms. The summed E-state index contributed by atoms with van der Waals surface area (Å²) in [5.41, 5.74) is 7.77. The van der Waals surface area contributed by atoms with Crippen LogP contribution in [0.2, 0.25) is 5.02 Å². The van der Waals surface area contributed by atoms with Crippen molar-refractivity contribution >= 4 is 40.3 Å². The summed E-state index contributed by atoms with van der Waals surface area (Å²) in [6, 6.07) is 13.1. The van der Waals surface area contributed by atoms with Crippen LogP contribution in [0.4, 0.5) is 0 Å². The molecular formula is C25H21ClN4O2. The number of aromatic carboxylic acids is 1. The Bertz CT molecular complexity index is 1430. The number of aryl methyl sites for hydroxylation is 3. The number of nitrogens with one attached hydrogen (secondary N) is 1. The molecule has 0 radical (unpaired) electrons. The first-order valence-electron chi connectivity index (χ1n) is 10.0. The number of H-pyrrole nitrogens is 1. The Hall–Kier alpha value is -3.82. The number of carbonyl (C=O) groups is 1. The smallest absolute Gasteiger partial charge is 0.337 e. The van der Waals surface area contributed by atoms with Crippen LogP contribution in [0.3, 0.4) is 0 Å². The van der Waals surface area contributed by atoms with Crippen LogP contribution >= 0.6 is 11.6 Å². The molecule has 0 aliphatic carbocycles. The molecule has 2 N–H and O–H groups in total. The molecule has 0 aliphatic heterocycles. The first-order chi connectivity index (χ1) is 15.2. The maximum Gasteiger partial charge on any atom is 0.337 e. The van der Waals surface area contributed by atoms with Gasteiger partial charge in [0, 0.05) is 17.1 Å². The van der Waals surface area contributed by atoms with E-state index in [-0.39, 0.29) is 10.6 Å². The number of nitrogens with zero attached hydrogens (tertiary/aromatic N) is 3. The monoisotopic (exact) mass is 444 g/mol. The van der Waals surface area contributed by atoms with Gasteiger partial charge in [0.25, 0.3) is 0 Å². The molecular weight excluding hydrogens is 424 g/mol. The molecule has 2 aromatic carbocycles. The zero-order chi connectivity index (χ0) is 23.2. The Labute approximate surface area is 190 Å². The zero-order valence-corrected chi connectivity index (χ0v) is 18.9. The Morgan fingerprint density at radius 1 is 1.16 bits per heavy atom. The molecule has 2 heterocycles. The first kappa shape index (κ1) is 21.4. The van der Waals surface area contributed by atoms with Gasteiger partial charge in [0.1, 0.15) is 11.9 Å². The molecule has 4 aromatic rings. The van der Waals surface area contributed by atoms with E-state index in [4.69, 9.17) is 11.6 Å². The summed E-state index contributed by atoms with van der Waals surface area (Å²) in [7, 11) is 0. The number of hydrogen-bond donors (Lipinski definition) is 2.